The lowest BCUT2D eigenvalue weighted by molar-refractivity contribution is -0.199. The summed E-state index contributed by atoms with van der Waals surface area (Å²) in [6.07, 6.45) is 11.5. The number of hydrogen-bond acceptors (Lipinski definition) is 7. The van der Waals surface area contributed by atoms with Crippen LogP contribution in [0.2, 0.25) is 0 Å². The van der Waals surface area contributed by atoms with E-state index in [1.54, 1.807) is 14.2 Å². The Morgan fingerprint density at radius 3 is 2.30 bits per heavy atom. The predicted octanol–water partition coefficient (Wildman–Crippen LogP) is 7.25. The van der Waals surface area contributed by atoms with E-state index >= 15 is 0 Å². The molecule has 2 N–H and O–H groups in total. The van der Waals surface area contributed by atoms with Crippen molar-refractivity contribution in [2.24, 2.45) is 33.5 Å². The Labute approximate surface area is 263 Å². The van der Waals surface area contributed by atoms with E-state index < -0.39 is 11.7 Å². The van der Waals surface area contributed by atoms with Gasteiger partial charge in [0.25, 0.3) is 0 Å². The lowest BCUT2D eigenvalue weighted by Crippen LogP contribution is -2.52. The summed E-state index contributed by atoms with van der Waals surface area (Å²) < 4.78 is 29.8. The molecular formula is C36H66O7. The van der Waals surface area contributed by atoms with Crippen molar-refractivity contribution in [2.75, 3.05) is 27.8 Å². The Hall–Kier alpha value is -0.280. The van der Waals surface area contributed by atoms with Gasteiger partial charge in [-0.2, -0.15) is 0 Å². The fourth-order valence-electron chi connectivity index (χ4n) is 10.2. The third-order valence-electron chi connectivity index (χ3n) is 13.1. The monoisotopic (exact) mass is 610 g/mol. The summed E-state index contributed by atoms with van der Waals surface area (Å²) in [5.74, 6) is 0.339. The Kier molecular flexibility index (Phi) is 10.8. The number of unbranched alkanes of at least 4 members (excludes halogenated alkanes) is 1. The van der Waals surface area contributed by atoms with E-state index in [1.165, 1.54) is 25.7 Å². The van der Waals surface area contributed by atoms with Crippen LogP contribution in [-0.4, -0.2) is 73.6 Å². The van der Waals surface area contributed by atoms with Gasteiger partial charge in [-0.3, -0.25) is 0 Å². The number of aliphatic hydroxyl groups excluding tert-OH is 2. The molecule has 3 saturated carbocycles. The molecule has 0 bridgehead atoms. The third-order valence-corrected chi connectivity index (χ3v) is 13.1. The van der Waals surface area contributed by atoms with Gasteiger partial charge in [0.15, 0.2) is 0 Å². The van der Waals surface area contributed by atoms with Crippen molar-refractivity contribution in [3.63, 3.8) is 0 Å². The average molecular weight is 611 g/mol. The standard InChI is InChI=1S/C36H66O7/c1-11-12-16-34(7)22-36(34)19-14-28(38)31(2,3)30(36)26(37)13-17-33(6)20-25(27(21-33)41-23-39-9)35(8)18-15-29(43-35)32(4,5)42-24-40-10/h25-30,37-38H,11-24H2,1-10H3/t25?,26-,27?,28?,29?,30-,33-,34?,35+,36?/m0/s1. The summed E-state index contributed by atoms with van der Waals surface area (Å²) >= 11 is 0. The molecule has 0 aromatic rings. The van der Waals surface area contributed by atoms with Gasteiger partial charge in [-0.15, -0.1) is 0 Å². The van der Waals surface area contributed by atoms with Gasteiger partial charge in [-0.1, -0.05) is 47.5 Å². The highest BCUT2D eigenvalue weighted by atomic mass is 16.7. The van der Waals surface area contributed by atoms with Crippen LogP contribution in [0.5, 0.6) is 0 Å². The molecule has 43 heavy (non-hydrogen) atoms. The van der Waals surface area contributed by atoms with E-state index in [-0.39, 0.29) is 71.0 Å². The van der Waals surface area contributed by atoms with Gasteiger partial charge in [0.05, 0.1) is 35.6 Å². The van der Waals surface area contributed by atoms with Crippen LogP contribution in [0.1, 0.15) is 132 Å². The molecule has 10 atom stereocenters. The summed E-state index contributed by atoms with van der Waals surface area (Å²) in [5.41, 5.74) is -0.615. The first-order chi connectivity index (χ1) is 20.0. The van der Waals surface area contributed by atoms with Gasteiger partial charge < -0.3 is 33.9 Å². The molecule has 0 amide bonds. The molecule has 4 rings (SSSR count). The van der Waals surface area contributed by atoms with Crippen LogP contribution in [0.15, 0.2) is 0 Å². The van der Waals surface area contributed by atoms with Crippen molar-refractivity contribution in [3.05, 3.63) is 0 Å². The van der Waals surface area contributed by atoms with Gasteiger partial charge in [0, 0.05) is 20.1 Å². The first-order valence-corrected chi connectivity index (χ1v) is 17.3. The molecule has 4 fully saturated rings. The van der Waals surface area contributed by atoms with Crippen LogP contribution >= 0.6 is 0 Å². The molecule has 1 heterocycles. The summed E-state index contributed by atoms with van der Waals surface area (Å²) in [5, 5.41) is 23.2. The predicted molar refractivity (Wildman–Crippen MR) is 170 cm³/mol. The lowest BCUT2D eigenvalue weighted by atomic mass is 9.55. The quantitative estimate of drug-likeness (QED) is 0.189. The van der Waals surface area contributed by atoms with Crippen molar-refractivity contribution in [1.82, 2.24) is 0 Å². The van der Waals surface area contributed by atoms with Crippen molar-refractivity contribution in [2.45, 2.75) is 168 Å². The molecule has 7 heteroatoms. The molecule has 0 radical (unpaired) electrons. The second kappa shape index (κ2) is 13.1. The highest BCUT2D eigenvalue weighted by Gasteiger charge is 2.72. The topological polar surface area (TPSA) is 86.6 Å². The van der Waals surface area contributed by atoms with Gasteiger partial charge in [0.1, 0.15) is 13.6 Å². The van der Waals surface area contributed by atoms with E-state index in [0.29, 0.717) is 0 Å². The second-order valence-corrected chi connectivity index (χ2v) is 17.0. The molecular weight excluding hydrogens is 544 g/mol. The fourth-order valence-corrected chi connectivity index (χ4v) is 10.2. The Bertz CT molecular complexity index is 923. The number of methoxy groups -OCH3 is 2. The summed E-state index contributed by atoms with van der Waals surface area (Å²) in [7, 11) is 3.33. The molecule has 1 spiro atoms. The van der Waals surface area contributed by atoms with Crippen molar-refractivity contribution in [1.29, 1.82) is 0 Å². The van der Waals surface area contributed by atoms with E-state index in [4.69, 9.17) is 23.7 Å². The zero-order valence-electron chi connectivity index (χ0n) is 29.3. The molecule has 3 aliphatic carbocycles. The van der Waals surface area contributed by atoms with Crippen LogP contribution in [0, 0.1) is 33.5 Å². The molecule has 0 aromatic heterocycles. The highest BCUT2D eigenvalue weighted by molar-refractivity contribution is 5.21. The molecule has 252 valence electrons. The maximum absolute atomic E-state index is 12.1. The number of ether oxygens (including phenoxy) is 5. The minimum Gasteiger partial charge on any atom is -0.393 e. The first kappa shape index (κ1) is 35.6. The van der Waals surface area contributed by atoms with Crippen molar-refractivity contribution < 1.29 is 33.9 Å². The van der Waals surface area contributed by atoms with E-state index in [2.05, 4.69) is 55.4 Å². The minimum absolute atomic E-state index is 0.0129. The smallest absolute Gasteiger partial charge is 0.147 e. The summed E-state index contributed by atoms with van der Waals surface area (Å²) in [6, 6.07) is 0. The van der Waals surface area contributed by atoms with Gasteiger partial charge >= 0.3 is 0 Å². The lowest BCUT2D eigenvalue weighted by Gasteiger charge is -2.52. The van der Waals surface area contributed by atoms with Crippen molar-refractivity contribution >= 4 is 0 Å². The largest absolute Gasteiger partial charge is 0.393 e. The third kappa shape index (κ3) is 6.89. The Balaban J connectivity index is 1.48. The van der Waals surface area contributed by atoms with Crippen LogP contribution in [0.3, 0.4) is 0 Å². The number of aliphatic hydroxyl groups is 2. The Morgan fingerprint density at radius 1 is 0.953 bits per heavy atom. The molecule has 0 aromatic carbocycles. The second-order valence-electron chi connectivity index (χ2n) is 17.0. The highest BCUT2D eigenvalue weighted by Crippen LogP contribution is 2.77. The van der Waals surface area contributed by atoms with Gasteiger partial charge in [-0.25, -0.2) is 0 Å². The normalized spacial score (nSPS) is 43.4. The molecule has 4 aliphatic rings. The Morgan fingerprint density at radius 2 is 1.65 bits per heavy atom. The molecule has 7 nitrogen and oxygen atoms in total. The van der Waals surface area contributed by atoms with Crippen LogP contribution in [0.4, 0.5) is 0 Å². The molecule has 1 saturated heterocycles. The fraction of sp³-hybridized carbons (Fsp3) is 1.00. The number of rotatable bonds is 15. The van der Waals surface area contributed by atoms with Gasteiger partial charge in [-0.05, 0) is 113 Å². The van der Waals surface area contributed by atoms with Gasteiger partial charge in [0.2, 0.25) is 0 Å². The first-order valence-electron chi connectivity index (χ1n) is 17.3. The van der Waals surface area contributed by atoms with Crippen molar-refractivity contribution in [3.8, 4) is 0 Å². The molecule has 6 unspecified atom stereocenters. The van der Waals surface area contributed by atoms with E-state index in [1.807, 2.05) is 0 Å². The SMILES string of the molecule is CCCCC1(C)CC12CCC(O)C(C)(C)[C@@H]2[C@@H](O)CC[C@]1(C)CC(OCOC)C([C@@]2(C)CCC(C(C)(C)OCOC)O2)C1. The summed E-state index contributed by atoms with van der Waals surface area (Å²) in [4.78, 5) is 0. The zero-order chi connectivity index (χ0) is 31.9. The maximum Gasteiger partial charge on any atom is 0.147 e. The minimum atomic E-state index is -0.440. The summed E-state index contributed by atoms with van der Waals surface area (Å²) in [6.45, 7) is 18.5. The van der Waals surface area contributed by atoms with Crippen LogP contribution in [-0.2, 0) is 23.7 Å². The zero-order valence-corrected chi connectivity index (χ0v) is 29.3. The van der Waals surface area contributed by atoms with Crippen LogP contribution in [0.25, 0.3) is 0 Å². The maximum atomic E-state index is 12.1. The average Bonchev–Trinajstić information content (AvgIpc) is 3.20. The van der Waals surface area contributed by atoms with Crippen LogP contribution < -0.4 is 0 Å². The number of hydrogen-bond donors (Lipinski definition) is 2. The van der Waals surface area contributed by atoms with E-state index in [9.17, 15) is 10.2 Å². The molecule has 1 aliphatic heterocycles. The van der Waals surface area contributed by atoms with E-state index in [0.717, 1.165) is 51.4 Å².